The summed E-state index contributed by atoms with van der Waals surface area (Å²) in [5.41, 5.74) is -0.415. The summed E-state index contributed by atoms with van der Waals surface area (Å²) in [6, 6.07) is 16.8. The molecule has 3 rings (SSSR count). The highest BCUT2D eigenvalue weighted by Gasteiger charge is 2.39. The van der Waals surface area contributed by atoms with Crippen molar-refractivity contribution in [2.75, 3.05) is 7.05 Å². The molecule has 1 aliphatic rings. The number of hydrogen-bond donors (Lipinski definition) is 1. The first-order chi connectivity index (χ1) is 9.74. The summed E-state index contributed by atoms with van der Waals surface area (Å²) >= 11 is 0. The second kappa shape index (κ2) is 5.15. The molecule has 0 amide bonds. The summed E-state index contributed by atoms with van der Waals surface area (Å²) in [6.07, 6.45) is 2.62. The van der Waals surface area contributed by atoms with Crippen molar-refractivity contribution in [3.63, 3.8) is 0 Å². The Bertz CT molecular complexity index is 661. The molecule has 20 heavy (non-hydrogen) atoms. The Morgan fingerprint density at radius 1 is 1.25 bits per heavy atom. The van der Waals surface area contributed by atoms with Gasteiger partial charge in [-0.25, -0.2) is 0 Å². The van der Waals surface area contributed by atoms with E-state index in [1.807, 2.05) is 25.2 Å². The smallest absolute Gasteiger partial charge is 0.120 e. The summed E-state index contributed by atoms with van der Waals surface area (Å²) < 4.78 is 6.05. The molecule has 2 atom stereocenters. The van der Waals surface area contributed by atoms with Crippen molar-refractivity contribution in [1.29, 1.82) is 5.26 Å². The van der Waals surface area contributed by atoms with Crippen molar-refractivity contribution in [1.82, 2.24) is 5.32 Å². The van der Waals surface area contributed by atoms with E-state index in [1.165, 1.54) is 10.8 Å². The fraction of sp³-hybridized carbons (Fsp3) is 0.353. The van der Waals surface area contributed by atoms with Crippen molar-refractivity contribution in [2.45, 2.75) is 30.9 Å². The molecule has 0 radical (unpaired) electrons. The van der Waals surface area contributed by atoms with Gasteiger partial charge in [0.25, 0.3) is 0 Å². The lowest BCUT2D eigenvalue weighted by atomic mass is 10.0. The fourth-order valence-electron chi connectivity index (χ4n) is 2.92. The van der Waals surface area contributed by atoms with Crippen molar-refractivity contribution >= 4 is 10.8 Å². The van der Waals surface area contributed by atoms with Gasteiger partial charge in [0.1, 0.15) is 17.4 Å². The maximum Gasteiger partial charge on any atom is 0.120 e. The van der Waals surface area contributed by atoms with Crippen LogP contribution < -0.4 is 10.1 Å². The Morgan fingerprint density at radius 2 is 2.05 bits per heavy atom. The first kappa shape index (κ1) is 13.0. The van der Waals surface area contributed by atoms with Crippen molar-refractivity contribution < 1.29 is 4.74 Å². The molecule has 1 fully saturated rings. The number of nitriles is 1. The molecule has 0 bridgehead atoms. The number of nitrogens with zero attached hydrogens (tertiary/aromatic N) is 1. The highest BCUT2D eigenvalue weighted by atomic mass is 16.5. The summed E-state index contributed by atoms with van der Waals surface area (Å²) in [6.45, 7) is 0. The summed E-state index contributed by atoms with van der Waals surface area (Å²) in [5.74, 6) is 0.888. The van der Waals surface area contributed by atoms with E-state index in [0.29, 0.717) is 0 Å². The van der Waals surface area contributed by atoms with Gasteiger partial charge in [0.15, 0.2) is 0 Å². The van der Waals surface area contributed by atoms with Crippen molar-refractivity contribution in [3.05, 3.63) is 42.5 Å². The van der Waals surface area contributed by atoms with Crippen molar-refractivity contribution in [3.8, 4) is 11.8 Å². The molecule has 102 valence electrons. The maximum absolute atomic E-state index is 9.27. The standard InChI is InChI=1S/C17H18N2O/c1-19-17(12-18)9-8-16(11-17)20-15-7-6-13-4-2-3-5-14(13)10-15/h2-7,10,16,19H,8-9,11H2,1H3. The van der Waals surface area contributed by atoms with E-state index in [0.717, 1.165) is 25.0 Å². The van der Waals surface area contributed by atoms with E-state index < -0.39 is 5.54 Å². The monoisotopic (exact) mass is 266 g/mol. The van der Waals surface area contributed by atoms with Crippen LogP contribution in [0.1, 0.15) is 19.3 Å². The molecular formula is C17H18N2O. The molecule has 2 unspecified atom stereocenters. The lowest BCUT2D eigenvalue weighted by molar-refractivity contribution is 0.202. The Balaban J connectivity index is 1.76. The normalized spacial score (nSPS) is 25.5. The van der Waals surface area contributed by atoms with Crippen LogP contribution in [-0.2, 0) is 0 Å². The number of ether oxygens (including phenoxy) is 1. The summed E-state index contributed by atoms with van der Waals surface area (Å²) in [4.78, 5) is 0. The minimum atomic E-state index is -0.415. The second-order valence-electron chi connectivity index (χ2n) is 5.44. The second-order valence-corrected chi connectivity index (χ2v) is 5.44. The molecule has 1 aliphatic carbocycles. The highest BCUT2D eigenvalue weighted by Crippen LogP contribution is 2.32. The van der Waals surface area contributed by atoms with Gasteiger partial charge in [0.05, 0.1) is 6.07 Å². The highest BCUT2D eigenvalue weighted by molar-refractivity contribution is 5.83. The van der Waals surface area contributed by atoms with Gasteiger partial charge in [-0.15, -0.1) is 0 Å². The van der Waals surface area contributed by atoms with E-state index in [1.54, 1.807) is 0 Å². The molecule has 0 aliphatic heterocycles. The van der Waals surface area contributed by atoms with Crippen LogP contribution in [0.2, 0.25) is 0 Å². The zero-order valence-corrected chi connectivity index (χ0v) is 11.6. The van der Waals surface area contributed by atoms with Gasteiger partial charge in [-0.1, -0.05) is 30.3 Å². The van der Waals surface area contributed by atoms with Crippen LogP contribution in [-0.4, -0.2) is 18.7 Å². The Kier molecular flexibility index (Phi) is 3.33. The van der Waals surface area contributed by atoms with E-state index in [4.69, 9.17) is 4.74 Å². The van der Waals surface area contributed by atoms with Gasteiger partial charge in [-0.2, -0.15) is 5.26 Å². The molecule has 1 N–H and O–H groups in total. The van der Waals surface area contributed by atoms with E-state index >= 15 is 0 Å². The Labute approximate surface area is 119 Å². The minimum Gasteiger partial charge on any atom is -0.490 e. The topological polar surface area (TPSA) is 45.0 Å². The van der Waals surface area contributed by atoms with Crippen molar-refractivity contribution in [2.24, 2.45) is 0 Å². The van der Waals surface area contributed by atoms with Crippen LogP contribution in [0, 0.1) is 11.3 Å². The Morgan fingerprint density at radius 3 is 2.75 bits per heavy atom. The van der Waals surface area contributed by atoms with Gasteiger partial charge >= 0.3 is 0 Å². The molecule has 3 nitrogen and oxygen atoms in total. The number of hydrogen-bond acceptors (Lipinski definition) is 3. The average Bonchev–Trinajstić information content (AvgIpc) is 2.91. The number of benzene rings is 2. The largest absolute Gasteiger partial charge is 0.490 e. The molecule has 2 aromatic carbocycles. The maximum atomic E-state index is 9.27. The summed E-state index contributed by atoms with van der Waals surface area (Å²) in [5, 5.41) is 14.8. The molecular weight excluding hydrogens is 248 g/mol. The number of fused-ring (bicyclic) bond motifs is 1. The predicted molar refractivity (Wildman–Crippen MR) is 79.6 cm³/mol. The number of rotatable bonds is 3. The third-order valence-electron chi connectivity index (χ3n) is 4.19. The molecule has 0 saturated heterocycles. The molecule has 0 aromatic heterocycles. The quantitative estimate of drug-likeness (QED) is 0.927. The zero-order chi connectivity index (χ0) is 14.0. The molecule has 0 heterocycles. The number of nitrogens with one attached hydrogen (secondary N) is 1. The van der Waals surface area contributed by atoms with E-state index in [-0.39, 0.29) is 6.10 Å². The summed E-state index contributed by atoms with van der Waals surface area (Å²) in [7, 11) is 1.85. The van der Waals surface area contributed by atoms with Crippen LogP contribution in [0.3, 0.4) is 0 Å². The van der Waals surface area contributed by atoms with Gasteiger partial charge in [0.2, 0.25) is 0 Å². The van der Waals surface area contributed by atoms with Gasteiger partial charge in [-0.05, 0) is 42.8 Å². The molecule has 3 heteroatoms. The third kappa shape index (κ3) is 2.35. The first-order valence-electron chi connectivity index (χ1n) is 7.00. The lowest BCUT2D eigenvalue weighted by Crippen LogP contribution is -2.39. The van der Waals surface area contributed by atoms with Crippen LogP contribution in [0.5, 0.6) is 5.75 Å². The Hall–Kier alpha value is -2.05. The van der Waals surface area contributed by atoms with E-state index in [2.05, 4.69) is 35.7 Å². The van der Waals surface area contributed by atoms with Crippen LogP contribution in [0.4, 0.5) is 0 Å². The third-order valence-corrected chi connectivity index (χ3v) is 4.19. The SMILES string of the molecule is CNC1(C#N)CCC(Oc2ccc3ccccc3c2)C1. The lowest BCUT2D eigenvalue weighted by Gasteiger charge is -2.20. The van der Waals surface area contributed by atoms with Crippen LogP contribution in [0.25, 0.3) is 10.8 Å². The van der Waals surface area contributed by atoms with Crippen LogP contribution >= 0.6 is 0 Å². The minimum absolute atomic E-state index is 0.114. The van der Waals surface area contributed by atoms with E-state index in [9.17, 15) is 5.26 Å². The first-order valence-corrected chi connectivity index (χ1v) is 7.00. The fourth-order valence-corrected chi connectivity index (χ4v) is 2.92. The zero-order valence-electron chi connectivity index (χ0n) is 11.6. The van der Waals surface area contributed by atoms with Gasteiger partial charge < -0.3 is 10.1 Å². The molecule has 0 spiro atoms. The molecule has 2 aromatic rings. The van der Waals surface area contributed by atoms with Gasteiger partial charge in [-0.3, -0.25) is 0 Å². The average molecular weight is 266 g/mol. The van der Waals surface area contributed by atoms with Crippen LogP contribution in [0.15, 0.2) is 42.5 Å². The predicted octanol–water partition coefficient (Wildman–Crippen LogP) is 3.25. The van der Waals surface area contributed by atoms with Gasteiger partial charge in [0, 0.05) is 6.42 Å². The molecule has 1 saturated carbocycles.